The lowest BCUT2D eigenvalue weighted by Crippen LogP contribution is -2.23. The van der Waals surface area contributed by atoms with E-state index in [0.29, 0.717) is 9.47 Å². The molecule has 0 spiro atoms. The van der Waals surface area contributed by atoms with Crippen molar-refractivity contribution in [1.82, 2.24) is 9.88 Å². The van der Waals surface area contributed by atoms with Crippen LogP contribution in [-0.2, 0) is 0 Å². The minimum absolute atomic E-state index is 0.546. The SMILES string of the molecule is CN1CC=C(c2nc(N)sc2Cl)CC1. The average Bonchev–Trinajstić information content (AvgIpc) is 2.47. The summed E-state index contributed by atoms with van der Waals surface area (Å²) in [4.78, 5) is 6.49. The topological polar surface area (TPSA) is 42.2 Å². The van der Waals surface area contributed by atoms with Gasteiger partial charge in [0.1, 0.15) is 4.34 Å². The standard InChI is InChI=1S/C9H12ClN3S/c1-13-4-2-6(3-5-13)7-8(10)14-9(11)12-7/h2H,3-5H2,1H3,(H2,11,12). The summed E-state index contributed by atoms with van der Waals surface area (Å²) in [6.45, 7) is 2.02. The minimum Gasteiger partial charge on any atom is -0.375 e. The summed E-state index contributed by atoms with van der Waals surface area (Å²) in [5.41, 5.74) is 7.70. The van der Waals surface area contributed by atoms with Gasteiger partial charge in [-0.1, -0.05) is 29.0 Å². The highest BCUT2D eigenvalue weighted by Crippen LogP contribution is 2.33. The second kappa shape index (κ2) is 3.88. The maximum Gasteiger partial charge on any atom is 0.182 e. The molecule has 5 heteroatoms. The average molecular weight is 230 g/mol. The predicted octanol–water partition coefficient (Wildman–Crippen LogP) is 2.10. The molecular formula is C9H12ClN3S. The molecular weight excluding hydrogens is 218 g/mol. The summed E-state index contributed by atoms with van der Waals surface area (Å²) in [6.07, 6.45) is 3.17. The molecule has 2 heterocycles. The molecule has 1 aliphatic rings. The first-order chi connectivity index (χ1) is 6.66. The molecule has 0 radical (unpaired) electrons. The van der Waals surface area contributed by atoms with E-state index < -0.39 is 0 Å². The number of rotatable bonds is 1. The molecule has 2 rings (SSSR count). The predicted molar refractivity (Wildman–Crippen MR) is 61.6 cm³/mol. The number of hydrogen-bond donors (Lipinski definition) is 1. The monoisotopic (exact) mass is 229 g/mol. The number of thiazole rings is 1. The van der Waals surface area contributed by atoms with Crippen LogP contribution in [0.25, 0.3) is 5.57 Å². The maximum absolute atomic E-state index is 6.04. The van der Waals surface area contributed by atoms with E-state index >= 15 is 0 Å². The van der Waals surface area contributed by atoms with Gasteiger partial charge in [0.2, 0.25) is 0 Å². The third-order valence-electron chi connectivity index (χ3n) is 2.32. The Morgan fingerprint density at radius 3 is 2.93 bits per heavy atom. The molecule has 0 atom stereocenters. The molecule has 1 aliphatic heterocycles. The lowest BCUT2D eigenvalue weighted by atomic mass is 10.1. The number of halogens is 1. The maximum atomic E-state index is 6.04. The molecule has 0 aromatic carbocycles. The van der Waals surface area contributed by atoms with E-state index in [9.17, 15) is 0 Å². The Labute approximate surface area is 92.2 Å². The first-order valence-electron chi connectivity index (χ1n) is 4.46. The zero-order valence-corrected chi connectivity index (χ0v) is 9.53. The van der Waals surface area contributed by atoms with E-state index in [-0.39, 0.29) is 0 Å². The Morgan fingerprint density at radius 1 is 1.64 bits per heavy atom. The fourth-order valence-electron chi connectivity index (χ4n) is 1.50. The van der Waals surface area contributed by atoms with Crippen molar-refractivity contribution < 1.29 is 0 Å². The largest absolute Gasteiger partial charge is 0.375 e. The van der Waals surface area contributed by atoms with Crippen molar-refractivity contribution in [3.05, 3.63) is 16.1 Å². The number of likely N-dealkylation sites (N-methyl/N-ethyl adjacent to an activating group) is 1. The van der Waals surface area contributed by atoms with E-state index in [1.54, 1.807) is 0 Å². The normalized spacial score (nSPS) is 18.3. The van der Waals surface area contributed by atoms with E-state index in [4.69, 9.17) is 17.3 Å². The molecule has 0 fully saturated rings. The minimum atomic E-state index is 0.546. The fourth-order valence-corrected chi connectivity index (χ4v) is 2.50. The molecule has 0 amide bonds. The van der Waals surface area contributed by atoms with Gasteiger partial charge in [-0.25, -0.2) is 4.98 Å². The second-order valence-electron chi connectivity index (χ2n) is 3.42. The van der Waals surface area contributed by atoms with Gasteiger partial charge in [-0.3, -0.25) is 0 Å². The van der Waals surface area contributed by atoms with E-state index in [0.717, 1.165) is 25.2 Å². The van der Waals surface area contributed by atoms with Crippen LogP contribution < -0.4 is 5.73 Å². The van der Waals surface area contributed by atoms with Gasteiger partial charge in [-0.2, -0.15) is 0 Å². The van der Waals surface area contributed by atoms with Crippen molar-refractivity contribution in [2.75, 3.05) is 25.9 Å². The van der Waals surface area contributed by atoms with Crippen LogP contribution in [0, 0.1) is 0 Å². The first kappa shape index (κ1) is 9.96. The summed E-state index contributed by atoms with van der Waals surface area (Å²) >= 11 is 7.38. The van der Waals surface area contributed by atoms with Gasteiger partial charge < -0.3 is 10.6 Å². The third kappa shape index (κ3) is 1.92. The third-order valence-corrected chi connectivity index (χ3v) is 3.40. The van der Waals surface area contributed by atoms with E-state index in [1.165, 1.54) is 16.9 Å². The zero-order valence-electron chi connectivity index (χ0n) is 7.96. The van der Waals surface area contributed by atoms with Crippen molar-refractivity contribution in [1.29, 1.82) is 0 Å². The lowest BCUT2D eigenvalue weighted by Gasteiger charge is -2.20. The number of nitrogen functional groups attached to an aromatic ring is 1. The molecule has 0 unspecified atom stereocenters. The molecule has 0 aliphatic carbocycles. The Morgan fingerprint density at radius 2 is 2.43 bits per heavy atom. The fraction of sp³-hybridized carbons (Fsp3) is 0.444. The Bertz CT molecular complexity index is 372. The summed E-state index contributed by atoms with van der Waals surface area (Å²) in [6, 6.07) is 0. The summed E-state index contributed by atoms with van der Waals surface area (Å²) < 4.78 is 0.707. The van der Waals surface area contributed by atoms with E-state index in [2.05, 4.69) is 23.0 Å². The van der Waals surface area contributed by atoms with Crippen LogP contribution in [0.3, 0.4) is 0 Å². The number of nitrogens with two attached hydrogens (primary N) is 1. The van der Waals surface area contributed by atoms with E-state index in [1.807, 2.05) is 0 Å². The van der Waals surface area contributed by atoms with Crippen LogP contribution in [-0.4, -0.2) is 30.0 Å². The number of aromatic nitrogens is 1. The molecule has 1 aromatic rings. The van der Waals surface area contributed by atoms with Gasteiger partial charge in [0.15, 0.2) is 5.13 Å². The molecule has 0 saturated heterocycles. The molecule has 3 nitrogen and oxygen atoms in total. The molecule has 0 saturated carbocycles. The Kier molecular flexibility index (Phi) is 2.76. The van der Waals surface area contributed by atoms with Crippen LogP contribution in [0.5, 0.6) is 0 Å². The number of nitrogens with zero attached hydrogens (tertiary/aromatic N) is 2. The van der Waals surface area contributed by atoms with Crippen LogP contribution in [0.1, 0.15) is 12.1 Å². The van der Waals surface area contributed by atoms with Gasteiger partial charge in [0.25, 0.3) is 0 Å². The second-order valence-corrected chi connectivity index (χ2v) is 5.05. The highest BCUT2D eigenvalue weighted by Gasteiger charge is 2.15. The number of hydrogen-bond acceptors (Lipinski definition) is 4. The summed E-state index contributed by atoms with van der Waals surface area (Å²) in [5, 5.41) is 0.546. The lowest BCUT2D eigenvalue weighted by molar-refractivity contribution is 0.370. The van der Waals surface area contributed by atoms with Gasteiger partial charge in [0.05, 0.1) is 5.69 Å². The molecule has 14 heavy (non-hydrogen) atoms. The van der Waals surface area contributed by atoms with Gasteiger partial charge in [-0.05, 0) is 19.0 Å². The molecule has 76 valence electrons. The molecule has 1 aromatic heterocycles. The van der Waals surface area contributed by atoms with Crippen LogP contribution in [0.15, 0.2) is 6.08 Å². The van der Waals surface area contributed by atoms with Crippen molar-refractivity contribution in [2.24, 2.45) is 0 Å². The van der Waals surface area contributed by atoms with Crippen LogP contribution >= 0.6 is 22.9 Å². The highest BCUT2D eigenvalue weighted by molar-refractivity contribution is 7.19. The molecule has 0 bridgehead atoms. The summed E-state index contributed by atoms with van der Waals surface area (Å²) in [5.74, 6) is 0. The van der Waals surface area contributed by atoms with Crippen LogP contribution in [0.4, 0.5) is 5.13 Å². The number of anilines is 1. The van der Waals surface area contributed by atoms with Crippen molar-refractivity contribution in [3.8, 4) is 0 Å². The van der Waals surface area contributed by atoms with Gasteiger partial charge in [-0.15, -0.1) is 0 Å². The smallest absolute Gasteiger partial charge is 0.182 e. The highest BCUT2D eigenvalue weighted by atomic mass is 35.5. The summed E-state index contributed by atoms with van der Waals surface area (Å²) in [7, 11) is 2.10. The van der Waals surface area contributed by atoms with Gasteiger partial charge in [0, 0.05) is 13.1 Å². The van der Waals surface area contributed by atoms with Crippen molar-refractivity contribution in [3.63, 3.8) is 0 Å². The zero-order chi connectivity index (χ0) is 10.1. The van der Waals surface area contributed by atoms with Crippen molar-refractivity contribution >= 4 is 33.6 Å². The Balaban J connectivity index is 2.27. The quantitative estimate of drug-likeness (QED) is 0.802. The van der Waals surface area contributed by atoms with Gasteiger partial charge >= 0.3 is 0 Å². The Hall–Kier alpha value is -0.580. The van der Waals surface area contributed by atoms with Crippen molar-refractivity contribution in [2.45, 2.75) is 6.42 Å². The van der Waals surface area contributed by atoms with Crippen LogP contribution in [0.2, 0.25) is 4.34 Å². The molecule has 2 N–H and O–H groups in total. The first-order valence-corrected chi connectivity index (χ1v) is 5.66.